The number of halogens is 1. The third-order valence-electron chi connectivity index (χ3n) is 2.07. The average molecular weight is 241 g/mol. The Hall–Kier alpha value is -1.98. The molecule has 0 amide bonds. The highest BCUT2D eigenvalue weighted by Crippen LogP contribution is 2.20. The van der Waals surface area contributed by atoms with Gasteiger partial charge in [-0.05, 0) is 19.1 Å². The van der Waals surface area contributed by atoms with Crippen LogP contribution in [0.5, 0.6) is 5.75 Å². The maximum Gasteiger partial charge on any atom is 0.167 e. The summed E-state index contributed by atoms with van der Waals surface area (Å²) in [5.41, 5.74) is 5.92. The van der Waals surface area contributed by atoms with Crippen molar-refractivity contribution in [3.63, 3.8) is 0 Å². The zero-order chi connectivity index (χ0) is 12.7. The van der Waals surface area contributed by atoms with Gasteiger partial charge in [0.25, 0.3) is 0 Å². The Morgan fingerprint density at radius 1 is 1.59 bits per heavy atom. The molecule has 0 saturated carbocycles. The van der Waals surface area contributed by atoms with Gasteiger partial charge in [-0.3, -0.25) is 0 Å². The van der Waals surface area contributed by atoms with Crippen molar-refractivity contribution in [2.45, 2.75) is 13.3 Å². The van der Waals surface area contributed by atoms with Crippen molar-refractivity contribution in [3.8, 4) is 5.75 Å². The highest BCUT2D eigenvalue weighted by molar-refractivity contribution is 5.80. The fourth-order valence-electron chi connectivity index (χ4n) is 1.27. The van der Waals surface area contributed by atoms with Crippen LogP contribution in [-0.4, -0.2) is 24.2 Å². The molecule has 0 aliphatic carbocycles. The summed E-state index contributed by atoms with van der Waals surface area (Å²) in [4.78, 5) is 0. The Bertz CT molecular complexity index is 396. The molecule has 4 N–H and O–H groups in total. The topological polar surface area (TPSA) is 79.9 Å². The summed E-state index contributed by atoms with van der Waals surface area (Å²) in [6, 6.07) is 4.61. The number of benzene rings is 1. The molecule has 0 spiro atoms. The number of anilines is 1. The van der Waals surface area contributed by atoms with Gasteiger partial charge in [-0.25, -0.2) is 4.39 Å². The van der Waals surface area contributed by atoms with Gasteiger partial charge >= 0.3 is 0 Å². The van der Waals surface area contributed by atoms with Gasteiger partial charge in [0.15, 0.2) is 11.6 Å². The first-order valence-corrected chi connectivity index (χ1v) is 5.30. The predicted octanol–water partition coefficient (Wildman–Crippen LogP) is 1.77. The van der Waals surface area contributed by atoms with Gasteiger partial charge in [0.2, 0.25) is 0 Å². The summed E-state index contributed by atoms with van der Waals surface area (Å²) in [6.45, 7) is 2.68. The van der Waals surface area contributed by atoms with Crippen LogP contribution in [-0.2, 0) is 0 Å². The van der Waals surface area contributed by atoms with Crippen molar-refractivity contribution in [1.82, 2.24) is 0 Å². The number of hydrogen-bond donors (Lipinski definition) is 3. The van der Waals surface area contributed by atoms with E-state index in [-0.39, 0.29) is 11.6 Å². The lowest BCUT2D eigenvalue weighted by Gasteiger charge is -2.08. The van der Waals surface area contributed by atoms with Crippen molar-refractivity contribution >= 4 is 11.5 Å². The molecule has 0 aliphatic heterocycles. The lowest BCUT2D eigenvalue weighted by Crippen LogP contribution is -2.16. The molecule has 6 heteroatoms. The molecular formula is C11H16FN3O2. The second kappa shape index (κ2) is 6.57. The van der Waals surface area contributed by atoms with Crippen LogP contribution in [0, 0.1) is 5.82 Å². The molecule has 0 aliphatic rings. The summed E-state index contributed by atoms with van der Waals surface area (Å²) in [5, 5.41) is 14.1. The van der Waals surface area contributed by atoms with E-state index in [4.69, 9.17) is 15.7 Å². The molecule has 0 saturated heterocycles. The standard InChI is InChI=1S/C11H16FN3O2/c1-2-17-10-4-3-8(7-9(10)12)14-6-5-11(13)15-16/h3-4,7,14,16H,2,5-6H2,1H3,(H2,13,15). The smallest absolute Gasteiger partial charge is 0.167 e. The lowest BCUT2D eigenvalue weighted by atomic mass is 10.2. The monoisotopic (exact) mass is 241 g/mol. The molecule has 0 aromatic heterocycles. The van der Waals surface area contributed by atoms with Gasteiger partial charge in [-0.1, -0.05) is 5.16 Å². The maximum atomic E-state index is 13.4. The van der Waals surface area contributed by atoms with Gasteiger partial charge in [0, 0.05) is 24.7 Å². The minimum Gasteiger partial charge on any atom is -0.491 e. The van der Waals surface area contributed by atoms with Crippen molar-refractivity contribution in [2.75, 3.05) is 18.5 Å². The number of oxime groups is 1. The largest absolute Gasteiger partial charge is 0.491 e. The number of nitrogens with zero attached hydrogens (tertiary/aromatic N) is 1. The van der Waals surface area contributed by atoms with E-state index in [0.717, 1.165) is 0 Å². The molecule has 0 radical (unpaired) electrons. The molecular weight excluding hydrogens is 225 g/mol. The summed E-state index contributed by atoms with van der Waals surface area (Å²) >= 11 is 0. The summed E-state index contributed by atoms with van der Waals surface area (Å²) in [6.07, 6.45) is 0.380. The Kier molecular flexibility index (Phi) is 5.06. The zero-order valence-corrected chi connectivity index (χ0v) is 9.61. The number of nitrogens with two attached hydrogens (primary N) is 1. The van der Waals surface area contributed by atoms with Crippen LogP contribution in [0.15, 0.2) is 23.4 Å². The number of nitrogens with one attached hydrogen (secondary N) is 1. The van der Waals surface area contributed by atoms with E-state index >= 15 is 0 Å². The van der Waals surface area contributed by atoms with E-state index in [1.165, 1.54) is 6.07 Å². The van der Waals surface area contributed by atoms with Crippen LogP contribution in [0.2, 0.25) is 0 Å². The Labute approximate surface area is 99.1 Å². The fraction of sp³-hybridized carbons (Fsp3) is 0.364. The predicted molar refractivity (Wildman–Crippen MR) is 64.1 cm³/mol. The van der Waals surface area contributed by atoms with E-state index in [0.29, 0.717) is 25.3 Å². The van der Waals surface area contributed by atoms with Crippen LogP contribution in [0.1, 0.15) is 13.3 Å². The van der Waals surface area contributed by atoms with E-state index in [1.54, 1.807) is 19.1 Å². The second-order valence-electron chi connectivity index (χ2n) is 3.35. The first-order chi connectivity index (χ1) is 8.17. The molecule has 17 heavy (non-hydrogen) atoms. The van der Waals surface area contributed by atoms with Crippen molar-refractivity contribution in [2.24, 2.45) is 10.9 Å². The van der Waals surface area contributed by atoms with Crippen LogP contribution in [0.3, 0.4) is 0 Å². The first-order valence-electron chi connectivity index (χ1n) is 5.30. The SMILES string of the molecule is CCOc1ccc(NCC/C(N)=N/O)cc1F. The summed E-state index contributed by atoms with van der Waals surface area (Å²) in [7, 11) is 0. The van der Waals surface area contributed by atoms with Gasteiger partial charge in [0.1, 0.15) is 5.84 Å². The van der Waals surface area contributed by atoms with Crippen LogP contribution in [0.25, 0.3) is 0 Å². The van der Waals surface area contributed by atoms with Gasteiger partial charge in [-0.15, -0.1) is 0 Å². The van der Waals surface area contributed by atoms with Crippen LogP contribution >= 0.6 is 0 Å². The Morgan fingerprint density at radius 3 is 2.94 bits per heavy atom. The highest BCUT2D eigenvalue weighted by atomic mass is 19.1. The van der Waals surface area contributed by atoms with Gasteiger partial charge in [-0.2, -0.15) is 0 Å². The molecule has 5 nitrogen and oxygen atoms in total. The molecule has 0 unspecified atom stereocenters. The van der Waals surface area contributed by atoms with Crippen molar-refractivity contribution < 1.29 is 14.3 Å². The summed E-state index contributed by atoms with van der Waals surface area (Å²) < 4.78 is 18.5. The highest BCUT2D eigenvalue weighted by Gasteiger charge is 2.03. The molecule has 1 aromatic carbocycles. The quantitative estimate of drug-likeness (QED) is 0.307. The van der Waals surface area contributed by atoms with Crippen LogP contribution < -0.4 is 15.8 Å². The van der Waals surface area contributed by atoms with Gasteiger partial charge in [0.05, 0.1) is 6.61 Å². The van der Waals surface area contributed by atoms with E-state index < -0.39 is 5.82 Å². The third kappa shape index (κ3) is 4.18. The number of amidine groups is 1. The maximum absolute atomic E-state index is 13.4. The normalized spacial score (nSPS) is 11.3. The molecule has 1 aromatic rings. The van der Waals surface area contributed by atoms with E-state index in [2.05, 4.69) is 10.5 Å². The zero-order valence-electron chi connectivity index (χ0n) is 9.61. The molecule has 1 rings (SSSR count). The minimum absolute atomic E-state index is 0.129. The van der Waals surface area contributed by atoms with E-state index in [1.807, 2.05) is 0 Å². The molecule has 0 atom stereocenters. The lowest BCUT2D eigenvalue weighted by molar-refractivity contribution is 0.317. The minimum atomic E-state index is -0.416. The number of hydrogen-bond acceptors (Lipinski definition) is 4. The fourth-order valence-corrected chi connectivity index (χ4v) is 1.27. The van der Waals surface area contributed by atoms with E-state index in [9.17, 15) is 4.39 Å². The first kappa shape index (κ1) is 13.1. The molecule has 0 heterocycles. The van der Waals surface area contributed by atoms with Crippen LogP contribution in [0.4, 0.5) is 10.1 Å². The van der Waals surface area contributed by atoms with Crippen molar-refractivity contribution in [3.05, 3.63) is 24.0 Å². The molecule has 0 fully saturated rings. The molecule has 94 valence electrons. The Balaban J connectivity index is 2.52. The third-order valence-corrected chi connectivity index (χ3v) is 2.07. The number of rotatable bonds is 6. The second-order valence-corrected chi connectivity index (χ2v) is 3.35. The average Bonchev–Trinajstić information content (AvgIpc) is 2.32. The molecule has 0 bridgehead atoms. The number of ether oxygens (including phenoxy) is 1. The Morgan fingerprint density at radius 2 is 2.35 bits per heavy atom. The summed E-state index contributed by atoms with van der Waals surface area (Å²) in [5.74, 6) is -0.0564. The van der Waals surface area contributed by atoms with Gasteiger partial charge < -0.3 is 21.0 Å². The van der Waals surface area contributed by atoms with Crippen molar-refractivity contribution in [1.29, 1.82) is 0 Å².